The number of thioether (sulfide) groups is 1. The van der Waals surface area contributed by atoms with Gasteiger partial charge in [-0.25, -0.2) is 8.42 Å². The minimum absolute atomic E-state index is 0.209. The van der Waals surface area contributed by atoms with Crippen molar-refractivity contribution in [1.29, 1.82) is 0 Å². The van der Waals surface area contributed by atoms with Gasteiger partial charge >= 0.3 is 0 Å². The van der Waals surface area contributed by atoms with Crippen molar-refractivity contribution in [2.75, 3.05) is 23.3 Å². The molecule has 8 heteroatoms. The van der Waals surface area contributed by atoms with Crippen molar-refractivity contribution in [3.8, 4) is 0 Å². The number of sulfonamides is 1. The second-order valence-corrected chi connectivity index (χ2v) is 8.73. The highest BCUT2D eigenvalue weighted by atomic mass is 32.2. The van der Waals surface area contributed by atoms with Crippen molar-refractivity contribution in [3.05, 3.63) is 52.2 Å². The monoisotopic (exact) mass is 370 g/mol. The molecule has 2 rings (SSSR count). The predicted octanol–water partition coefficient (Wildman–Crippen LogP) is 2.78. The summed E-state index contributed by atoms with van der Waals surface area (Å²) in [7, 11) is -3.35. The van der Waals surface area contributed by atoms with Crippen molar-refractivity contribution >= 4 is 44.7 Å². The van der Waals surface area contributed by atoms with Crippen LogP contribution in [0.3, 0.4) is 0 Å². The van der Waals surface area contributed by atoms with Gasteiger partial charge in [-0.2, -0.15) is 11.8 Å². The van der Waals surface area contributed by atoms with Crippen LogP contribution in [0.5, 0.6) is 0 Å². The Hall–Kier alpha value is -1.51. The summed E-state index contributed by atoms with van der Waals surface area (Å²) in [5.74, 6) is 1.56. The molecule has 23 heavy (non-hydrogen) atoms. The van der Waals surface area contributed by atoms with Gasteiger partial charge in [-0.05, 0) is 29.6 Å². The van der Waals surface area contributed by atoms with Gasteiger partial charge in [0, 0.05) is 34.2 Å². The fourth-order valence-corrected chi connectivity index (χ4v) is 4.10. The zero-order chi connectivity index (χ0) is 16.7. The molecular weight excluding hydrogens is 352 g/mol. The van der Waals surface area contributed by atoms with Gasteiger partial charge in [0.05, 0.1) is 6.26 Å². The van der Waals surface area contributed by atoms with Gasteiger partial charge in [0.25, 0.3) is 5.91 Å². The molecule has 0 unspecified atom stereocenters. The molecule has 1 aromatic heterocycles. The second-order valence-electron chi connectivity index (χ2n) is 4.84. The van der Waals surface area contributed by atoms with E-state index in [1.165, 1.54) is 10.9 Å². The molecule has 1 amide bonds. The van der Waals surface area contributed by atoms with E-state index in [0.29, 0.717) is 17.8 Å². The molecule has 0 fully saturated rings. The Morgan fingerprint density at radius 3 is 2.78 bits per heavy atom. The van der Waals surface area contributed by atoms with Crippen molar-refractivity contribution < 1.29 is 13.2 Å². The molecule has 1 heterocycles. The summed E-state index contributed by atoms with van der Waals surface area (Å²) in [6, 6.07) is 10.6. The lowest BCUT2D eigenvalue weighted by molar-refractivity contribution is 0.0956. The number of nitrogens with one attached hydrogen (secondary N) is 2. The van der Waals surface area contributed by atoms with Gasteiger partial charge in [-0.1, -0.05) is 12.1 Å². The Morgan fingerprint density at radius 1 is 1.26 bits per heavy atom. The average Bonchev–Trinajstić information content (AvgIpc) is 2.98. The van der Waals surface area contributed by atoms with Crippen LogP contribution < -0.4 is 10.0 Å². The number of benzene rings is 1. The first-order chi connectivity index (χ1) is 10.9. The number of carbonyl (C=O) groups is 1. The minimum Gasteiger partial charge on any atom is -0.351 e. The molecule has 0 aliphatic rings. The van der Waals surface area contributed by atoms with E-state index < -0.39 is 10.0 Å². The van der Waals surface area contributed by atoms with Crippen molar-refractivity contribution in [2.24, 2.45) is 0 Å². The summed E-state index contributed by atoms with van der Waals surface area (Å²) in [6.07, 6.45) is 1.07. The molecule has 1 aromatic carbocycles. The van der Waals surface area contributed by atoms with E-state index >= 15 is 0 Å². The summed E-state index contributed by atoms with van der Waals surface area (Å²) in [5, 5.41) is 4.89. The number of thiophene rings is 1. The highest BCUT2D eigenvalue weighted by molar-refractivity contribution is 7.98. The molecule has 124 valence electrons. The summed E-state index contributed by atoms with van der Waals surface area (Å²) in [5.41, 5.74) is 0.814. The van der Waals surface area contributed by atoms with E-state index in [1.807, 2.05) is 6.07 Å². The van der Waals surface area contributed by atoms with Crippen LogP contribution in [0.1, 0.15) is 15.2 Å². The first kappa shape index (κ1) is 17.8. The van der Waals surface area contributed by atoms with Crippen LogP contribution >= 0.6 is 23.1 Å². The van der Waals surface area contributed by atoms with Crippen LogP contribution in [0.4, 0.5) is 5.69 Å². The number of amides is 1. The van der Waals surface area contributed by atoms with Crippen molar-refractivity contribution in [1.82, 2.24) is 5.32 Å². The Balaban J connectivity index is 1.78. The average molecular weight is 371 g/mol. The highest BCUT2D eigenvalue weighted by Crippen LogP contribution is 2.16. The first-order valence-electron chi connectivity index (χ1n) is 6.90. The second kappa shape index (κ2) is 8.37. The van der Waals surface area contributed by atoms with Gasteiger partial charge in [0.15, 0.2) is 0 Å². The van der Waals surface area contributed by atoms with Crippen LogP contribution in [-0.4, -0.2) is 32.9 Å². The quantitative estimate of drug-likeness (QED) is 0.701. The standard InChI is InChI=1S/C15H18N2O3S3/c1-23(19,20)17-13-5-2-4-12(10-13)15(18)16-7-9-21-11-14-6-3-8-22-14/h2-6,8,10,17H,7,9,11H2,1H3,(H,16,18). The molecule has 2 N–H and O–H groups in total. The van der Waals surface area contributed by atoms with Gasteiger partial charge in [-0.3, -0.25) is 9.52 Å². The summed E-state index contributed by atoms with van der Waals surface area (Å²) >= 11 is 3.49. The predicted molar refractivity (Wildman–Crippen MR) is 97.7 cm³/mol. The Morgan fingerprint density at radius 2 is 2.09 bits per heavy atom. The lowest BCUT2D eigenvalue weighted by Gasteiger charge is -2.08. The Labute approximate surface area is 144 Å². The summed E-state index contributed by atoms with van der Waals surface area (Å²) < 4.78 is 24.8. The van der Waals surface area contributed by atoms with Crippen LogP contribution in [0.2, 0.25) is 0 Å². The van der Waals surface area contributed by atoms with Crippen LogP contribution in [0, 0.1) is 0 Å². The van der Waals surface area contributed by atoms with Gasteiger partial charge in [0.2, 0.25) is 10.0 Å². The molecule has 5 nitrogen and oxygen atoms in total. The molecule has 0 saturated heterocycles. The van der Waals surface area contributed by atoms with Crippen LogP contribution in [0.15, 0.2) is 41.8 Å². The van der Waals surface area contributed by atoms with Crippen LogP contribution in [-0.2, 0) is 15.8 Å². The lowest BCUT2D eigenvalue weighted by Crippen LogP contribution is -2.25. The number of carbonyl (C=O) groups excluding carboxylic acids is 1. The molecule has 0 aliphatic heterocycles. The molecule has 0 saturated carbocycles. The van der Waals surface area contributed by atoms with Crippen molar-refractivity contribution in [3.63, 3.8) is 0 Å². The number of hydrogen-bond acceptors (Lipinski definition) is 5. The number of rotatable bonds is 8. The zero-order valence-corrected chi connectivity index (χ0v) is 15.1. The van der Waals surface area contributed by atoms with E-state index in [2.05, 4.69) is 21.5 Å². The van der Waals surface area contributed by atoms with E-state index in [-0.39, 0.29) is 5.91 Å². The lowest BCUT2D eigenvalue weighted by atomic mass is 10.2. The third-order valence-electron chi connectivity index (χ3n) is 2.78. The van der Waals surface area contributed by atoms with E-state index in [4.69, 9.17) is 0 Å². The number of hydrogen-bond donors (Lipinski definition) is 2. The minimum atomic E-state index is -3.35. The molecule has 0 atom stereocenters. The third-order valence-corrected chi connectivity index (χ3v) is 5.46. The zero-order valence-electron chi connectivity index (χ0n) is 12.6. The summed E-state index contributed by atoms with van der Waals surface area (Å²) in [4.78, 5) is 13.4. The largest absolute Gasteiger partial charge is 0.351 e. The SMILES string of the molecule is CS(=O)(=O)Nc1cccc(C(=O)NCCSCc2cccs2)c1. The maximum atomic E-state index is 12.1. The highest BCUT2D eigenvalue weighted by Gasteiger charge is 2.08. The molecule has 0 spiro atoms. The Kier molecular flexibility index (Phi) is 6.49. The fourth-order valence-electron chi connectivity index (χ4n) is 1.84. The molecule has 0 radical (unpaired) electrons. The summed E-state index contributed by atoms with van der Waals surface area (Å²) in [6.45, 7) is 0.568. The molecule has 2 aromatic rings. The smallest absolute Gasteiger partial charge is 0.251 e. The van der Waals surface area contributed by atoms with E-state index in [0.717, 1.165) is 17.8 Å². The Bertz CT molecular complexity index is 743. The first-order valence-corrected chi connectivity index (χ1v) is 10.8. The van der Waals surface area contributed by atoms with E-state index in [1.54, 1.807) is 41.3 Å². The molecular formula is C15H18N2O3S3. The molecule has 0 aliphatic carbocycles. The third kappa shape index (κ3) is 6.64. The topological polar surface area (TPSA) is 75.3 Å². The maximum absolute atomic E-state index is 12.1. The van der Waals surface area contributed by atoms with Gasteiger partial charge < -0.3 is 5.32 Å². The van der Waals surface area contributed by atoms with E-state index in [9.17, 15) is 13.2 Å². The fraction of sp³-hybridized carbons (Fsp3) is 0.267. The number of anilines is 1. The normalized spacial score (nSPS) is 11.2. The van der Waals surface area contributed by atoms with Crippen LogP contribution in [0.25, 0.3) is 0 Å². The van der Waals surface area contributed by atoms with Gasteiger partial charge in [0.1, 0.15) is 0 Å². The van der Waals surface area contributed by atoms with Crippen molar-refractivity contribution in [2.45, 2.75) is 5.75 Å². The molecule has 0 bridgehead atoms. The maximum Gasteiger partial charge on any atom is 0.251 e. The van der Waals surface area contributed by atoms with Gasteiger partial charge in [-0.15, -0.1) is 11.3 Å².